The number of rotatable bonds is 4. The van der Waals surface area contributed by atoms with Crippen LogP contribution in [-0.4, -0.2) is 37.3 Å². The lowest BCUT2D eigenvalue weighted by Gasteiger charge is -2.24. The lowest BCUT2D eigenvalue weighted by Crippen LogP contribution is -2.38. The van der Waals surface area contributed by atoms with Crippen molar-refractivity contribution in [3.05, 3.63) is 22.2 Å². The fraction of sp³-hybridized carbons (Fsp3) is 0.571. The van der Waals surface area contributed by atoms with Crippen LogP contribution >= 0.6 is 0 Å². The summed E-state index contributed by atoms with van der Waals surface area (Å²) >= 11 is 0. The van der Waals surface area contributed by atoms with E-state index in [1.165, 1.54) is 12.5 Å². The highest BCUT2D eigenvalue weighted by Gasteiger charge is 2.24. The van der Waals surface area contributed by atoms with Gasteiger partial charge >= 0.3 is 5.69 Å². The molecule has 114 valence electrons. The monoisotopic (exact) mass is 294 g/mol. The Morgan fingerprint density at radius 2 is 2.05 bits per heavy atom. The zero-order valence-electron chi connectivity index (χ0n) is 11.7. The third-order valence-electron chi connectivity index (χ3n) is 3.67. The Labute approximate surface area is 122 Å². The predicted molar refractivity (Wildman–Crippen MR) is 75.2 cm³/mol. The van der Waals surface area contributed by atoms with Gasteiger partial charge in [0.25, 0.3) is 0 Å². The van der Waals surface area contributed by atoms with E-state index >= 15 is 0 Å². The highest BCUT2D eigenvalue weighted by Crippen LogP contribution is 2.40. The van der Waals surface area contributed by atoms with Crippen LogP contribution in [-0.2, 0) is 0 Å². The van der Waals surface area contributed by atoms with Gasteiger partial charge in [-0.2, -0.15) is 0 Å². The first-order valence-corrected chi connectivity index (χ1v) is 7.18. The summed E-state index contributed by atoms with van der Waals surface area (Å²) in [6.07, 6.45) is 3.35. The van der Waals surface area contributed by atoms with Gasteiger partial charge in [0, 0.05) is 12.1 Å². The normalized spacial score (nSPS) is 20.9. The lowest BCUT2D eigenvalue weighted by molar-refractivity contribution is -0.386. The molecule has 0 saturated carbocycles. The van der Waals surface area contributed by atoms with Crippen molar-refractivity contribution in [1.29, 1.82) is 0 Å². The molecule has 1 atom stereocenters. The molecule has 7 heteroatoms. The third kappa shape index (κ3) is 3.18. The maximum atomic E-state index is 11.2. The van der Waals surface area contributed by atoms with E-state index in [1.54, 1.807) is 6.07 Å². The molecule has 1 aromatic carbocycles. The molecule has 7 nitrogen and oxygen atoms in total. The number of nitro groups is 1. The lowest BCUT2D eigenvalue weighted by atomic mass is 10.1. The molecule has 0 bridgehead atoms. The molecule has 1 saturated heterocycles. The van der Waals surface area contributed by atoms with Gasteiger partial charge in [0.05, 0.1) is 11.0 Å². The number of hydrogen-bond donors (Lipinski definition) is 1. The zero-order valence-corrected chi connectivity index (χ0v) is 11.7. The van der Waals surface area contributed by atoms with E-state index in [0.29, 0.717) is 31.3 Å². The number of fused-ring (bicyclic) bond motifs is 1. The van der Waals surface area contributed by atoms with Crippen LogP contribution in [0.1, 0.15) is 19.3 Å². The van der Waals surface area contributed by atoms with Crippen LogP contribution in [0.2, 0.25) is 0 Å². The molecule has 2 aliphatic heterocycles. The summed E-state index contributed by atoms with van der Waals surface area (Å²) < 4.78 is 16.5. The van der Waals surface area contributed by atoms with E-state index in [1.807, 2.05) is 0 Å². The average Bonchev–Trinajstić information content (AvgIpc) is 2.53. The molecule has 3 rings (SSSR count). The van der Waals surface area contributed by atoms with Crippen molar-refractivity contribution in [3.63, 3.8) is 0 Å². The molecule has 21 heavy (non-hydrogen) atoms. The molecule has 2 aliphatic rings. The Morgan fingerprint density at radius 1 is 1.29 bits per heavy atom. The van der Waals surface area contributed by atoms with Crippen LogP contribution < -0.4 is 19.5 Å². The number of piperidine rings is 1. The van der Waals surface area contributed by atoms with Crippen LogP contribution in [0, 0.1) is 10.1 Å². The van der Waals surface area contributed by atoms with Crippen molar-refractivity contribution in [2.24, 2.45) is 0 Å². The quantitative estimate of drug-likeness (QED) is 0.674. The fourth-order valence-electron chi connectivity index (χ4n) is 2.57. The minimum absolute atomic E-state index is 0.0879. The summed E-state index contributed by atoms with van der Waals surface area (Å²) in [6, 6.07) is 3.17. The smallest absolute Gasteiger partial charge is 0.314 e. The second kappa shape index (κ2) is 6.17. The molecular formula is C14H18N2O5. The molecular weight excluding hydrogens is 276 g/mol. The summed E-state index contributed by atoms with van der Waals surface area (Å²) in [6.45, 7) is 2.22. The first-order chi connectivity index (χ1) is 10.2. The number of nitro benzene ring substituents is 1. The van der Waals surface area contributed by atoms with E-state index in [-0.39, 0.29) is 17.5 Å². The van der Waals surface area contributed by atoms with Gasteiger partial charge in [0.2, 0.25) is 5.75 Å². The second-order valence-electron chi connectivity index (χ2n) is 5.18. The minimum Gasteiger partial charge on any atom is -0.486 e. The number of hydrogen-bond acceptors (Lipinski definition) is 6. The summed E-state index contributed by atoms with van der Waals surface area (Å²) in [5.41, 5.74) is -0.0879. The Kier molecular flexibility index (Phi) is 4.10. The van der Waals surface area contributed by atoms with E-state index in [0.717, 1.165) is 19.4 Å². The van der Waals surface area contributed by atoms with Crippen LogP contribution in [0.25, 0.3) is 0 Å². The molecule has 1 fully saturated rings. The van der Waals surface area contributed by atoms with Crippen molar-refractivity contribution in [2.45, 2.75) is 25.3 Å². The van der Waals surface area contributed by atoms with Crippen LogP contribution in [0.3, 0.4) is 0 Å². The van der Waals surface area contributed by atoms with Gasteiger partial charge in [-0.3, -0.25) is 10.1 Å². The van der Waals surface area contributed by atoms with Crippen molar-refractivity contribution >= 4 is 5.69 Å². The SMILES string of the molecule is O=[N+]([O-])c1cc2c(cc1OCC1CCCCN1)OCCO2. The molecule has 0 radical (unpaired) electrons. The van der Waals surface area contributed by atoms with Crippen molar-refractivity contribution in [3.8, 4) is 17.2 Å². The zero-order chi connectivity index (χ0) is 14.7. The van der Waals surface area contributed by atoms with E-state index < -0.39 is 4.92 Å². The van der Waals surface area contributed by atoms with Gasteiger partial charge in [0.15, 0.2) is 11.5 Å². The number of nitrogens with one attached hydrogen (secondary N) is 1. The Bertz CT molecular complexity index is 528. The molecule has 1 aromatic rings. The van der Waals surface area contributed by atoms with E-state index in [9.17, 15) is 10.1 Å². The van der Waals surface area contributed by atoms with Gasteiger partial charge < -0.3 is 19.5 Å². The Morgan fingerprint density at radius 3 is 2.71 bits per heavy atom. The van der Waals surface area contributed by atoms with E-state index in [4.69, 9.17) is 14.2 Å². The van der Waals surface area contributed by atoms with E-state index in [2.05, 4.69) is 5.32 Å². The fourth-order valence-corrected chi connectivity index (χ4v) is 2.57. The summed E-state index contributed by atoms with van der Waals surface area (Å²) in [5, 5.41) is 14.5. The number of nitrogens with zero attached hydrogens (tertiary/aromatic N) is 1. The average molecular weight is 294 g/mol. The van der Waals surface area contributed by atoms with Gasteiger partial charge in [-0.05, 0) is 19.4 Å². The number of ether oxygens (including phenoxy) is 3. The van der Waals surface area contributed by atoms with Gasteiger partial charge in [-0.15, -0.1) is 0 Å². The van der Waals surface area contributed by atoms with Gasteiger partial charge in [0.1, 0.15) is 19.8 Å². The van der Waals surface area contributed by atoms with Crippen LogP contribution in [0.5, 0.6) is 17.2 Å². The van der Waals surface area contributed by atoms with Crippen LogP contribution in [0.4, 0.5) is 5.69 Å². The van der Waals surface area contributed by atoms with Crippen molar-refractivity contribution in [1.82, 2.24) is 5.32 Å². The molecule has 1 N–H and O–H groups in total. The predicted octanol–water partition coefficient (Wildman–Crippen LogP) is 1.89. The standard InChI is InChI=1S/C14H18N2O5/c17-16(18)11-7-13-14(20-6-5-19-13)8-12(11)21-9-10-3-1-2-4-15-10/h7-8,10,15H,1-6,9H2. The first kappa shape index (κ1) is 13.9. The summed E-state index contributed by atoms with van der Waals surface area (Å²) in [5.74, 6) is 1.13. The number of benzene rings is 1. The molecule has 0 aliphatic carbocycles. The maximum Gasteiger partial charge on any atom is 0.314 e. The summed E-state index contributed by atoms with van der Waals surface area (Å²) in [7, 11) is 0. The highest BCUT2D eigenvalue weighted by molar-refractivity contribution is 5.58. The highest BCUT2D eigenvalue weighted by atomic mass is 16.6. The van der Waals surface area contributed by atoms with Gasteiger partial charge in [-0.1, -0.05) is 6.42 Å². The summed E-state index contributed by atoms with van der Waals surface area (Å²) in [4.78, 5) is 10.7. The van der Waals surface area contributed by atoms with Crippen molar-refractivity contribution < 1.29 is 19.1 Å². The van der Waals surface area contributed by atoms with Gasteiger partial charge in [-0.25, -0.2) is 0 Å². The first-order valence-electron chi connectivity index (χ1n) is 7.18. The molecule has 2 heterocycles. The molecule has 0 aromatic heterocycles. The topological polar surface area (TPSA) is 82.9 Å². The molecule has 1 unspecified atom stereocenters. The maximum absolute atomic E-state index is 11.2. The minimum atomic E-state index is -0.456. The van der Waals surface area contributed by atoms with Crippen molar-refractivity contribution in [2.75, 3.05) is 26.4 Å². The Hall–Kier alpha value is -2.02. The second-order valence-corrected chi connectivity index (χ2v) is 5.18. The largest absolute Gasteiger partial charge is 0.486 e. The Balaban J connectivity index is 1.77. The molecule has 0 spiro atoms. The third-order valence-corrected chi connectivity index (χ3v) is 3.67. The molecule has 0 amide bonds. The van der Waals surface area contributed by atoms with Crippen LogP contribution in [0.15, 0.2) is 12.1 Å².